The van der Waals surface area contributed by atoms with Crippen molar-refractivity contribution >= 4 is 51.7 Å². The van der Waals surface area contributed by atoms with Crippen molar-refractivity contribution in [1.82, 2.24) is 35.4 Å². The molecule has 0 spiro atoms. The van der Waals surface area contributed by atoms with Gasteiger partial charge in [-0.25, -0.2) is 18.9 Å². The molecule has 6 rings (SSSR count). The normalized spacial score (nSPS) is 17.6. The number of nitrogen functional groups attached to an aromatic ring is 1. The van der Waals surface area contributed by atoms with Gasteiger partial charge in [-0.15, -0.1) is 28.2 Å². The van der Waals surface area contributed by atoms with Gasteiger partial charge >= 0.3 is 5.97 Å². The van der Waals surface area contributed by atoms with Crippen molar-refractivity contribution in [3.63, 3.8) is 0 Å². The monoisotopic (exact) mass is 699 g/mol. The molecule has 2 aliphatic rings. The summed E-state index contributed by atoms with van der Waals surface area (Å²) in [7, 11) is 0. The highest BCUT2D eigenvalue weighted by Crippen LogP contribution is 2.41. The van der Waals surface area contributed by atoms with E-state index in [1.54, 1.807) is 0 Å². The number of nitrogens with zero attached hydrogens (tertiary/aromatic N) is 7. The number of aromatic nitrogens is 5. The number of halogens is 1. The third-order valence-corrected chi connectivity index (χ3v) is 9.19. The Hall–Kier alpha value is -5.96. The second-order valence-corrected chi connectivity index (χ2v) is 12.2. The quantitative estimate of drug-likeness (QED) is 0.0519. The molecule has 2 amide bonds. The van der Waals surface area contributed by atoms with E-state index in [1.165, 1.54) is 40.0 Å². The Morgan fingerprint density at radius 1 is 1.15 bits per heavy atom. The van der Waals surface area contributed by atoms with Crippen LogP contribution in [0.3, 0.4) is 0 Å². The van der Waals surface area contributed by atoms with Crippen LogP contribution in [0.15, 0.2) is 52.1 Å². The molecule has 21 heteroatoms. The number of carbonyl (C=O) groups is 3. The van der Waals surface area contributed by atoms with Crippen LogP contribution >= 0.6 is 23.1 Å². The zero-order chi connectivity index (χ0) is 34.3. The molecule has 0 unspecified atom stereocenters. The van der Waals surface area contributed by atoms with Crippen LogP contribution in [0.2, 0.25) is 0 Å². The number of aromatic hydroxyl groups is 4. The highest BCUT2D eigenvalue weighted by molar-refractivity contribution is 8.00. The first-order valence-electron chi connectivity index (χ1n) is 13.5. The number of benzene rings is 2. The number of carbonyl (C=O) groups excluding carboxylic acids is 2. The summed E-state index contributed by atoms with van der Waals surface area (Å²) in [5.74, 6) is -6.35. The van der Waals surface area contributed by atoms with E-state index in [-0.39, 0.29) is 46.0 Å². The Balaban J connectivity index is 1.20. The van der Waals surface area contributed by atoms with Gasteiger partial charge in [-0.2, -0.15) is 0 Å². The smallest absolute Gasteiger partial charge is 0.352 e. The molecular formula is C27H22FN9O9S2. The number of fused-ring (bicyclic) bond motifs is 1. The Labute approximate surface area is 275 Å². The SMILES string of the molecule is Nc1nc(C(=NOCc2ccc(O)c(O)c2F)C(=O)N[C@@H]2C(=O)N3C(C(=O)O)=C(Cn4nnnc4-c4ccc(O)c(O)c4)CS[C@H]23)cs1. The van der Waals surface area contributed by atoms with Crippen molar-refractivity contribution in [2.75, 3.05) is 11.5 Å². The molecule has 4 heterocycles. The Kier molecular flexibility index (Phi) is 8.45. The molecule has 8 N–H and O–H groups in total. The number of hydrogen-bond donors (Lipinski definition) is 7. The predicted molar refractivity (Wildman–Crippen MR) is 164 cm³/mol. The number of rotatable bonds is 10. The molecule has 2 atom stereocenters. The van der Waals surface area contributed by atoms with Crippen LogP contribution in [0.5, 0.6) is 23.0 Å². The fraction of sp³-hybridized carbons (Fsp3) is 0.185. The summed E-state index contributed by atoms with van der Waals surface area (Å²) in [6.45, 7) is -0.692. The molecule has 18 nitrogen and oxygen atoms in total. The molecule has 248 valence electrons. The summed E-state index contributed by atoms with van der Waals surface area (Å²) < 4.78 is 15.6. The molecule has 48 heavy (non-hydrogen) atoms. The minimum absolute atomic E-state index is 0.0171. The first-order valence-corrected chi connectivity index (χ1v) is 15.5. The number of carboxylic acid groups (broad SMARTS) is 1. The number of tetrazole rings is 1. The third kappa shape index (κ3) is 5.86. The van der Waals surface area contributed by atoms with E-state index >= 15 is 0 Å². The molecule has 0 bridgehead atoms. The molecule has 0 saturated carbocycles. The van der Waals surface area contributed by atoms with Gasteiger partial charge in [-0.1, -0.05) is 5.16 Å². The van der Waals surface area contributed by atoms with Crippen LogP contribution in [0, 0.1) is 5.82 Å². The first kappa shape index (κ1) is 32.0. The number of anilines is 1. The molecule has 0 aliphatic carbocycles. The maximum Gasteiger partial charge on any atom is 0.352 e. The van der Waals surface area contributed by atoms with Gasteiger partial charge in [0.1, 0.15) is 29.4 Å². The average Bonchev–Trinajstić information content (AvgIpc) is 3.71. The number of phenolic OH excluding ortho intramolecular Hbond substituents is 4. The van der Waals surface area contributed by atoms with Crippen molar-refractivity contribution in [3.8, 4) is 34.4 Å². The number of phenols is 4. The molecular weight excluding hydrogens is 677 g/mol. The van der Waals surface area contributed by atoms with Crippen LogP contribution in [0.1, 0.15) is 11.3 Å². The van der Waals surface area contributed by atoms with E-state index in [0.717, 1.165) is 28.4 Å². The number of amides is 2. The minimum atomic E-state index is -1.40. The zero-order valence-electron chi connectivity index (χ0n) is 24.0. The van der Waals surface area contributed by atoms with Crippen LogP contribution < -0.4 is 11.1 Å². The summed E-state index contributed by atoms with van der Waals surface area (Å²) in [5.41, 5.74) is 5.41. The summed E-state index contributed by atoms with van der Waals surface area (Å²) >= 11 is 2.17. The van der Waals surface area contributed by atoms with Crippen molar-refractivity contribution < 1.29 is 49.1 Å². The van der Waals surface area contributed by atoms with Crippen molar-refractivity contribution in [2.24, 2.45) is 5.16 Å². The summed E-state index contributed by atoms with van der Waals surface area (Å²) in [5, 5.41) is 67.1. The molecule has 0 radical (unpaired) electrons. The number of nitrogens with two attached hydrogens (primary N) is 1. The molecule has 1 fully saturated rings. The Morgan fingerprint density at radius 3 is 2.62 bits per heavy atom. The fourth-order valence-corrected chi connectivity index (χ4v) is 6.73. The lowest BCUT2D eigenvalue weighted by molar-refractivity contribution is -0.150. The van der Waals surface area contributed by atoms with Crippen LogP contribution in [0.25, 0.3) is 11.4 Å². The highest BCUT2D eigenvalue weighted by Gasteiger charge is 2.54. The van der Waals surface area contributed by atoms with Crippen molar-refractivity contribution in [1.29, 1.82) is 0 Å². The van der Waals surface area contributed by atoms with E-state index < -0.39 is 64.6 Å². The van der Waals surface area contributed by atoms with Gasteiger partial charge in [0.05, 0.1) is 6.54 Å². The predicted octanol–water partition coefficient (Wildman–Crippen LogP) is 0.700. The lowest BCUT2D eigenvalue weighted by Gasteiger charge is -2.49. The maximum atomic E-state index is 14.3. The topological polar surface area (TPSA) is 272 Å². The van der Waals surface area contributed by atoms with E-state index in [4.69, 9.17) is 10.6 Å². The van der Waals surface area contributed by atoms with Crippen molar-refractivity contribution in [2.45, 2.75) is 24.6 Å². The van der Waals surface area contributed by atoms with Gasteiger partial charge in [-0.05, 0) is 46.3 Å². The molecule has 2 aromatic carbocycles. The second kappa shape index (κ2) is 12.7. The number of β-lactam (4-membered cyclic amide) rings is 1. The largest absolute Gasteiger partial charge is 0.504 e. The minimum Gasteiger partial charge on any atom is -0.504 e. The Morgan fingerprint density at radius 2 is 1.92 bits per heavy atom. The standard InChI is InChI=1S/C27H22FN9O9S2/c28-17-11(2-4-15(39)21(17)41)7-46-33-18(13-9-48-27(29)30-13)23(42)31-19-24(43)37-20(26(44)45)12(8-47-25(19)37)6-36-22(32-34-35-36)10-1-3-14(38)16(40)5-10/h1-5,9,19,25,38-41H,6-8H2,(H2,29,30)(H,31,42)(H,44,45)/t19-,25-/m1/s1. The molecule has 2 aliphatic heterocycles. The zero-order valence-corrected chi connectivity index (χ0v) is 25.6. The van der Waals surface area contributed by atoms with Crippen LogP contribution in [-0.4, -0.2) is 96.3 Å². The first-order chi connectivity index (χ1) is 22.9. The van der Waals surface area contributed by atoms with E-state index in [2.05, 4.69) is 31.0 Å². The van der Waals surface area contributed by atoms with E-state index in [9.17, 15) is 44.3 Å². The Bertz CT molecular complexity index is 2030. The lowest BCUT2D eigenvalue weighted by atomic mass is 10.0. The summed E-state index contributed by atoms with van der Waals surface area (Å²) in [6, 6.07) is 4.95. The number of oxime groups is 1. The molecule has 4 aromatic rings. The van der Waals surface area contributed by atoms with Crippen LogP contribution in [-0.2, 0) is 32.4 Å². The van der Waals surface area contributed by atoms with Crippen LogP contribution in [0.4, 0.5) is 9.52 Å². The van der Waals surface area contributed by atoms with Gasteiger partial charge in [0.2, 0.25) is 0 Å². The van der Waals surface area contributed by atoms with Gasteiger partial charge < -0.3 is 41.4 Å². The number of thiazole rings is 1. The van der Waals surface area contributed by atoms with Gasteiger partial charge in [0.15, 0.2) is 45.5 Å². The van der Waals surface area contributed by atoms with Gasteiger partial charge in [0, 0.05) is 22.3 Å². The average molecular weight is 700 g/mol. The number of nitrogens with one attached hydrogen (secondary N) is 1. The highest BCUT2D eigenvalue weighted by atomic mass is 32.2. The summed E-state index contributed by atoms with van der Waals surface area (Å²) in [6.07, 6.45) is 0. The number of aliphatic carboxylic acids is 1. The maximum absolute atomic E-state index is 14.3. The van der Waals surface area contributed by atoms with E-state index in [1.807, 2.05) is 0 Å². The lowest BCUT2D eigenvalue weighted by Crippen LogP contribution is -2.71. The summed E-state index contributed by atoms with van der Waals surface area (Å²) in [4.78, 5) is 49.3. The second-order valence-electron chi connectivity index (χ2n) is 10.2. The molecule has 1 saturated heterocycles. The number of carboxylic acids is 1. The fourth-order valence-electron chi connectivity index (χ4n) is 4.85. The van der Waals surface area contributed by atoms with E-state index in [0.29, 0.717) is 11.1 Å². The van der Waals surface area contributed by atoms with Crippen molar-refractivity contribution in [3.05, 3.63) is 64.1 Å². The number of thioether (sulfide) groups is 1. The third-order valence-electron chi connectivity index (χ3n) is 7.17. The number of hydrogen-bond acceptors (Lipinski definition) is 16. The van der Waals surface area contributed by atoms with Gasteiger partial charge in [0.25, 0.3) is 11.8 Å². The molecule has 2 aromatic heterocycles. The van der Waals surface area contributed by atoms with Gasteiger partial charge in [-0.3, -0.25) is 14.5 Å².